The Bertz CT molecular complexity index is 1290. The molecule has 8 nitrogen and oxygen atoms in total. The van der Waals surface area contributed by atoms with Crippen molar-refractivity contribution in [3.05, 3.63) is 90.0 Å². The fraction of sp³-hybridized carbons (Fsp3) is 0.296. The molecule has 1 N–H and O–H groups in total. The lowest BCUT2D eigenvalue weighted by molar-refractivity contribution is -0.127. The summed E-state index contributed by atoms with van der Waals surface area (Å²) >= 11 is 0. The molecule has 0 radical (unpaired) electrons. The standard InChI is InChI=1S/C27H29N3O5S/c31-27(28-18-21-10-12-22(13-11-21)19-29-14-16-34-17-15-29)26-20-30(24-8-4-5-9-25(24)35-26)36(32,33)23-6-2-1-3-7-23/h1-13,26H,14-20H2,(H,28,31)/t26-/m0/s1. The van der Waals surface area contributed by atoms with E-state index in [2.05, 4.69) is 22.3 Å². The molecule has 36 heavy (non-hydrogen) atoms. The number of carbonyl (C=O) groups is 1. The molecular formula is C27H29N3O5S. The molecule has 3 aromatic rings. The van der Waals surface area contributed by atoms with E-state index < -0.39 is 16.1 Å². The minimum Gasteiger partial charge on any atom is -0.476 e. The van der Waals surface area contributed by atoms with E-state index in [9.17, 15) is 13.2 Å². The van der Waals surface area contributed by atoms with Gasteiger partial charge in [-0.1, -0.05) is 54.6 Å². The summed E-state index contributed by atoms with van der Waals surface area (Å²) < 4.78 is 39.4. The summed E-state index contributed by atoms with van der Waals surface area (Å²) in [7, 11) is -3.86. The van der Waals surface area contributed by atoms with Gasteiger partial charge in [-0.2, -0.15) is 0 Å². The van der Waals surface area contributed by atoms with Crippen LogP contribution in [-0.2, 0) is 32.6 Å². The van der Waals surface area contributed by atoms with Crippen molar-refractivity contribution in [2.45, 2.75) is 24.1 Å². The van der Waals surface area contributed by atoms with Crippen LogP contribution < -0.4 is 14.4 Å². The van der Waals surface area contributed by atoms with Crippen LogP contribution in [0.15, 0.2) is 83.8 Å². The van der Waals surface area contributed by atoms with Gasteiger partial charge >= 0.3 is 0 Å². The number of anilines is 1. The lowest BCUT2D eigenvalue weighted by atomic mass is 10.1. The van der Waals surface area contributed by atoms with E-state index in [0.29, 0.717) is 18.0 Å². The Morgan fingerprint density at radius 2 is 1.56 bits per heavy atom. The molecule has 1 amide bonds. The monoisotopic (exact) mass is 507 g/mol. The maximum absolute atomic E-state index is 13.4. The molecule has 2 aliphatic rings. The molecule has 0 saturated carbocycles. The molecule has 0 bridgehead atoms. The van der Waals surface area contributed by atoms with E-state index in [4.69, 9.17) is 9.47 Å². The van der Waals surface area contributed by atoms with Gasteiger partial charge in [-0.25, -0.2) is 8.42 Å². The Kier molecular flexibility index (Phi) is 7.22. The third-order valence-electron chi connectivity index (χ3n) is 6.36. The number of sulfonamides is 1. The fourth-order valence-electron chi connectivity index (χ4n) is 4.37. The maximum atomic E-state index is 13.4. The Morgan fingerprint density at radius 3 is 2.31 bits per heavy atom. The summed E-state index contributed by atoms with van der Waals surface area (Å²) in [5.74, 6) is -0.00831. The second-order valence-corrected chi connectivity index (χ2v) is 10.7. The molecule has 5 rings (SSSR count). The molecule has 0 aliphatic carbocycles. The van der Waals surface area contributed by atoms with E-state index in [1.165, 1.54) is 9.87 Å². The number of morpholine rings is 1. The number of fused-ring (bicyclic) bond motifs is 1. The minimum atomic E-state index is -3.86. The molecule has 3 aromatic carbocycles. The van der Waals surface area contributed by atoms with Crippen molar-refractivity contribution in [1.82, 2.24) is 10.2 Å². The van der Waals surface area contributed by atoms with Gasteiger partial charge in [0, 0.05) is 26.2 Å². The van der Waals surface area contributed by atoms with Crippen molar-refractivity contribution < 1.29 is 22.7 Å². The second kappa shape index (κ2) is 10.7. The summed E-state index contributed by atoms with van der Waals surface area (Å²) in [6, 6.07) is 23.2. The number of nitrogens with zero attached hydrogens (tertiary/aromatic N) is 2. The Labute approximate surface area is 211 Å². The molecule has 9 heteroatoms. The van der Waals surface area contributed by atoms with E-state index in [1.807, 2.05) is 12.1 Å². The lowest BCUT2D eigenvalue weighted by Gasteiger charge is -2.34. The van der Waals surface area contributed by atoms with Crippen LogP contribution in [0.5, 0.6) is 5.75 Å². The first kappa shape index (κ1) is 24.3. The highest BCUT2D eigenvalue weighted by molar-refractivity contribution is 7.92. The fourth-order valence-corrected chi connectivity index (χ4v) is 5.87. The molecule has 0 aromatic heterocycles. The number of rotatable bonds is 7. The number of hydrogen-bond donors (Lipinski definition) is 1. The summed E-state index contributed by atoms with van der Waals surface area (Å²) in [5, 5.41) is 2.90. The number of benzene rings is 3. The first-order valence-corrected chi connectivity index (χ1v) is 13.4. The average molecular weight is 508 g/mol. The predicted molar refractivity (Wildman–Crippen MR) is 136 cm³/mol. The van der Waals surface area contributed by atoms with Crippen LogP contribution in [0.2, 0.25) is 0 Å². The van der Waals surface area contributed by atoms with E-state index >= 15 is 0 Å². The number of para-hydroxylation sites is 2. The average Bonchev–Trinajstić information content (AvgIpc) is 2.93. The van der Waals surface area contributed by atoms with Crippen molar-refractivity contribution in [3.63, 3.8) is 0 Å². The SMILES string of the molecule is O=C(NCc1ccc(CN2CCOCC2)cc1)[C@@H]1CN(S(=O)(=O)c2ccccc2)c2ccccc2O1. The third kappa shape index (κ3) is 5.38. The third-order valence-corrected chi connectivity index (χ3v) is 8.15. The van der Waals surface area contributed by atoms with Crippen LogP contribution >= 0.6 is 0 Å². The van der Waals surface area contributed by atoms with Gasteiger partial charge in [0.05, 0.1) is 30.3 Å². The van der Waals surface area contributed by atoms with Crippen molar-refractivity contribution in [2.75, 3.05) is 37.2 Å². The zero-order valence-electron chi connectivity index (χ0n) is 19.9. The lowest BCUT2D eigenvalue weighted by Crippen LogP contribution is -2.50. The second-order valence-electron chi connectivity index (χ2n) is 8.85. The Balaban J connectivity index is 1.25. The highest BCUT2D eigenvalue weighted by Gasteiger charge is 2.37. The van der Waals surface area contributed by atoms with Gasteiger partial charge in [-0.05, 0) is 35.4 Å². The molecule has 1 saturated heterocycles. The van der Waals surface area contributed by atoms with E-state index in [-0.39, 0.29) is 17.3 Å². The van der Waals surface area contributed by atoms with Crippen LogP contribution in [0.3, 0.4) is 0 Å². The minimum absolute atomic E-state index is 0.113. The summed E-state index contributed by atoms with van der Waals surface area (Å²) in [6.07, 6.45) is -0.973. The molecule has 188 valence electrons. The molecule has 2 aliphatic heterocycles. The van der Waals surface area contributed by atoms with E-state index in [1.54, 1.807) is 54.6 Å². The quantitative estimate of drug-likeness (QED) is 0.529. The van der Waals surface area contributed by atoms with Gasteiger partial charge in [-0.3, -0.25) is 14.0 Å². The largest absolute Gasteiger partial charge is 0.476 e. The normalized spacial score (nSPS) is 18.2. The summed E-state index contributed by atoms with van der Waals surface area (Å²) in [5.41, 5.74) is 2.58. The highest BCUT2D eigenvalue weighted by Crippen LogP contribution is 2.36. The smallest absolute Gasteiger partial charge is 0.264 e. The first-order valence-electron chi connectivity index (χ1n) is 12.0. The topological polar surface area (TPSA) is 88.2 Å². The Hall–Kier alpha value is -3.40. The molecular weight excluding hydrogens is 478 g/mol. The van der Waals surface area contributed by atoms with Crippen molar-refractivity contribution in [3.8, 4) is 5.75 Å². The van der Waals surface area contributed by atoms with Gasteiger partial charge in [-0.15, -0.1) is 0 Å². The van der Waals surface area contributed by atoms with Crippen LogP contribution in [-0.4, -0.2) is 58.2 Å². The molecule has 2 heterocycles. The number of nitrogens with one attached hydrogen (secondary N) is 1. The predicted octanol–water partition coefficient (Wildman–Crippen LogP) is 2.79. The molecule has 0 spiro atoms. The number of hydrogen-bond acceptors (Lipinski definition) is 6. The zero-order chi connectivity index (χ0) is 25.0. The van der Waals surface area contributed by atoms with Gasteiger partial charge in [0.25, 0.3) is 15.9 Å². The van der Waals surface area contributed by atoms with Crippen molar-refractivity contribution in [2.24, 2.45) is 0 Å². The number of amides is 1. The Morgan fingerprint density at radius 1 is 0.889 bits per heavy atom. The van der Waals surface area contributed by atoms with Crippen LogP contribution in [0.4, 0.5) is 5.69 Å². The van der Waals surface area contributed by atoms with Gasteiger partial charge in [0.1, 0.15) is 5.75 Å². The van der Waals surface area contributed by atoms with Gasteiger partial charge in [0.2, 0.25) is 0 Å². The van der Waals surface area contributed by atoms with Gasteiger partial charge in [0.15, 0.2) is 6.10 Å². The molecule has 0 unspecified atom stereocenters. The zero-order valence-corrected chi connectivity index (χ0v) is 20.7. The first-order chi connectivity index (χ1) is 17.5. The summed E-state index contributed by atoms with van der Waals surface area (Å²) in [6.45, 7) is 4.47. The highest BCUT2D eigenvalue weighted by atomic mass is 32.2. The molecule has 1 fully saturated rings. The molecule has 1 atom stereocenters. The van der Waals surface area contributed by atoms with Crippen molar-refractivity contribution >= 4 is 21.6 Å². The number of ether oxygens (including phenoxy) is 2. The van der Waals surface area contributed by atoms with Gasteiger partial charge < -0.3 is 14.8 Å². The van der Waals surface area contributed by atoms with Crippen LogP contribution in [0, 0.1) is 0 Å². The maximum Gasteiger partial charge on any atom is 0.264 e. The van der Waals surface area contributed by atoms with E-state index in [0.717, 1.165) is 38.4 Å². The number of carbonyl (C=O) groups excluding carboxylic acids is 1. The summed E-state index contributed by atoms with van der Waals surface area (Å²) in [4.78, 5) is 15.6. The van der Waals surface area contributed by atoms with Crippen molar-refractivity contribution in [1.29, 1.82) is 0 Å². The van der Waals surface area contributed by atoms with Crippen LogP contribution in [0.1, 0.15) is 11.1 Å². The van der Waals surface area contributed by atoms with Crippen LogP contribution in [0.25, 0.3) is 0 Å².